The van der Waals surface area contributed by atoms with Crippen molar-refractivity contribution in [3.63, 3.8) is 0 Å². The van der Waals surface area contributed by atoms with Gasteiger partial charge in [0.25, 0.3) is 11.1 Å². The maximum Gasteiger partial charge on any atom is 0.294 e. The molecule has 0 saturated carbocycles. The van der Waals surface area contributed by atoms with Crippen LogP contribution in [0.3, 0.4) is 0 Å². The SMILES string of the molecule is COc1cc(/C=C2/SC(=O)N(CC(=O)Nc3c(C)cc(C)cc3C)C2=O)ccc1OCc1ccccc1F. The van der Waals surface area contributed by atoms with Crippen molar-refractivity contribution in [2.75, 3.05) is 19.0 Å². The van der Waals surface area contributed by atoms with Crippen LogP contribution in [-0.2, 0) is 16.2 Å². The molecule has 1 heterocycles. The monoisotopic (exact) mass is 534 g/mol. The van der Waals surface area contributed by atoms with Crippen LogP contribution < -0.4 is 14.8 Å². The fraction of sp³-hybridized carbons (Fsp3) is 0.207. The number of hydrogen-bond acceptors (Lipinski definition) is 6. The summed E-state index contributed by atoms with van der Waals surface area (Å²) in [4.78, 5) is 39.3. The van der Waals surface area contributed by atoms with Gasteiger partial charge in [0.15, 0.2) is 11.5 Å². The number of nitrogens with one attached hydrogen (secondary N) is 1. The molecular weight excluding hydrogens is 507 g/mol. The second-order valence-electron chi connectivity index (χ2n) is 8.88. The Hall–Kier alpha value is -4.11. The number of rotatable bonds is 8. The zero-order valence-corrected chi connectivity index (χ0v) is 22.3. The molecule has 3 aromatic carbocycles. The van der Waals surface area contributed by atoms with Gasteiger partial charge in [0.2, 0.25) is 5.91 Å². The Labute approximate surface area is 224 Å². The summed E-state index contributed by atoms with van der Waals surface area (Å²) in [7, 11) is 1.47. The van der Waals surface area contributed by atoms with E-state index in [-0.39, 0.29) is 23.9 Å². The molecule has 3 amide bonds. The van der Waals surface area contributed by atoms with E-state index in [4.69, 9.17) is 9.47 Å². The number of aryl methyl sites for hydroxylation is 3. The first kappa shape index (κ1) is 26.9. The van der Waals surface area contributed by atoms with Crippen molar-refractivity contribution in [2.24, 2.45) is 0 Å². The van der Waals surface area contributed by atoms with Crippen LogP contribution in [0.1, 0.15) is 27.8 Å². The lowest BCUT2D eigenvalue weighted by Crippen LogP contribution is -2.36. The lowest BCUT2D eigenvalue weighted by molar-refractivity contribution is -0.127. The quantitative estimate of drug-likeness (QED) is 0.356. The Balaban J connectivity index is 1.45. The lowest BCUT2D eigenvalue weighted by atomic mass is 10.1. The molecule has 7 nitrogen and oxygen atoms in total. The zero-order chi connectivity index (χ0) is 27.4. The summed E-state index contributed by atoms with van der Waals surface area (Å²) in [5.41, 5.74) is 4.56. The van der Waals surface area contributed by atoms with Gasteiger partial charge in [-0.15, -0.1) is 0 Å². The van der Waals surface area contributed by atoms with Crippen molar-refractivity contribution < 1.29 is 28.2 Å². The molecule has 196 valence electrons. The Bertz CT molecular complexity index is 1430. The second-order valence-corrected chi connectivity index (χ2v) is 9.87. The van der Waals surface area contributed by atoms with Gasteiger partial charge in [-0.2, -0.15) is 0 Å². The van der Waals surface area contributed by atoms with Gasteiger partial charge in [0.1, 0.15) is 19.0 Å². The van der Waals surface area contributed by atoms with E-state index in [1.807, 2.05) is 32.9 Å². The third-order valence-electron chi connectivity index (χ3n) is 5.94. The number of carbonyl (C=O) groups excluding carboxylic acids is 3. The van der Waals surface area contributed by atoms with Gasteiger partial charge in [-0.25, -0.2) is 4.39 Å². The maximum absolute atomic E-state index is 13.9. The van der Waals surface area contributed by atoms with Crippen molar-refractivity contribution >= 4 is 40.6 Å². The predicted molar refractivity (Wildman–Crippen MR) is 146 cm³/mol. The van der Waals surface area contributed by atoms with Crippen molar-refractivity contribution in [1.82, 2.24) is 4.90 Å². The third kappa shape index (κ3) is 6.06. The number of benzene rings is 3. The molecule has 9 heteroatoms. The molecule has 3 aromatic rings. The number of amides is 3. The van der Waals surface area contributed by atoms with Crippen molar-refractivity contribution in [3.05, 3.63) is 93.1 Å². The summed E-state index contributed by atoms with van der Waals surface area (Å²) >= 11 is 0.765. The molecule has 0 radical (unpaired) electrons. The number of hydrogen-bond donors (Lipinski definition) is 1. The van der Waals surface area contributed by atoms with Gasteiger partial charge < -0.3 is 14.8 Å². The Morgan fingerprint density at radius 3 is 2.42 bits per heavy atom. The maximum atomic E-state index is 13.9. The van der Waals surface area contributed by atoms with Gasteiger partial charge in [0, 0.05) is 11.3 Å². The molecule has 0 aromatic heterocycles. The molecule has 0 aliphatic carbocycles. The first-order valence-electron chi connectivity index (χ1n) is 11.8. The zero-order valence-electron chi connectivity index (χ0n) is 21.5. The molecule has 0 spiro atoms. The van der Waals surface area contributed by atoms with Crippen LogP contribution in [0.4, 0.5) is 14.9 Å². The first-order chi connectivity index (χ1) is 18.2. The summed E-state index contributed by atoms with van der Waals surface area (Å²) in [5.74, 6) is -0.582. The molecule has 0 atom stereocenters. The van der Waals surface area contributed by atoms with E-state index < -0.39 is 17.1 Å². The molecule has 0 unspecified atom stereocenters. The van der Waals surface area contributed by atoms with Crippen molar-refractivity contribution in [3.8, 4) is 11.5 Å². The molecule has 1 aliphatic rings. The van der Waals surface area contributed by atoms with Crippen LogP contribution in [0, 0.1) is 26.6 Å². The minimum atomic E-state index is -0.550. The van der Waals surface area contributed by atoms with E-state index in [0.29, 0.717) is 28.3 Å². The summed E-state index contributed by atoms with van der Waals surface area (Å²) in [5, 5.41) is 2.30. The van der Waals surface area contributed by atoms with Crippen LogP contribution in [0.5, 0.6) is 11.5 Å². The number of carbonyl (C=O) groups is 3. The minimum Gasteiger partial charge on any atom is -0.493 e. The number of halogens is 1. The highest BCUT2D eigenvalue weighted by atomic mass is 32.2. The van der Waals surface area contributed by atoms with Crippen LogP contribution in [0.15, 0.2) is 59.5 Å². The van der Waals surface area contributed by atoms with Gasteiger partial charge in [-0.05, 0) is 73.5 Å². The Morgan fingerprint density at radius 2 is 1.74 bits per heavy atom. The summed E-state index contributed by atoms with van der Waals surface area (Å²) in [6.07, 6.45) is 1.56. The topological polar surface area (TPSA) is 84.9 Å². The number of methoxy groups -OCH3 is 1. The second kappa shape index (κ2) is 11.5. The highest BCUT2D eigenvalue weighted by Gasteiger charge is 2.36. The van der Waals surface area contributed by atoms with Gasteiger partial charge >= 0.3 is 0 Å². The Morgan fingerprint density at radius 1 is 1.03 bits per heavy atom. The molecule has 38 heavy (non-hydrogen) atoms. The average Bonchev–Trinajstić information content (AvgIpc) is 3.13. The number of anilines is 1. The van der Waals surface area contributed by atoms with E-state index in [9.17, 15) is 18.8 Å². The largest absolute Gasteiger partial charge is 0.493 e. The number of imide groups is 1. The molecule has 1 N–H and O–H groups in total. The van der Waals surface area contributed by atoms with E-state index in [1.165, 1.54) is 13.2 Å². The van der Waals surface area contributed by atoms with Crippen LogP contribution in [0.2, 0.25) is 0 Å². The average molecular weight is 535 g/mol. The predicted octanol–water partition coefficient (Wildman–Crippen LogP) is 6.01. The van der Waals surface area contributed by atoms with Crippen LogP contribution in [-0.4, -0.2) is 35.6 Å². The first-order valence-corrected chi connectivity index (χ1v) is 12.6. The van der Waals surface area contributed by atoms with E-state index in [0.717, 1.165) is 33.4 Å². The lowest BCUT2D eigenvalue weighted by Gasteiger charge is -2.16. The van der Waals surface area contributed by atoms with Gasteiger partial charge in [0.05, 0.1) is 12.0 Å². The van der Waals surface area contributed by atoms with Crippen LogP contribution in [0.25, 0.3) is 6.08 Å². The van der Waals surface area contributed by atoms with Crippen LogP contribution >= 0.6 is 11.8 Å². The van der Waals surface area contributed by atoms with Gasteiger partial charge in [-0.3, -0.25) is 19.3 Å². The highest BCUT2D eigenvalue weighted by Crippen LogP contribution is 2.35. The van der Waals surface area contributed by atoms with Crippen molar-refractivity contribution in [2.45, 2.75) is 27.4 Å². The fourth-order valence-corrected chi connectivity index (χ4v) is 4.99. The standard InChI is InChI=1S/C29H27FN2O5S/c1-17-11-18(2)27(19(3)12-17)31-26(33)15-32-28(34)25(38-29(32)35)14-20-9-10-23(24(13-20)36-4)37-16-21-7-5-6-8-22(21)30/h5-14H,15-16H2,1-4H3,(H,31,33)/b25-14+. The third-order valence-corrected chi connectivity index (χ3v) is 6.85. The van der Waals surface area contributed by atoms with E-state index in [1.54, 1.807) is 42.5 Å². The van der Waals surface area contributed by atoms with E-state index >= 15 is 0 Å². The summed E-state index contributed by atoms with van der Waals surface area (Å²) < 4.78 is 25.0. The van der Waals surface area contributed by atoms with Crippen molar-refractivity contribution in [1.29, 1.82) is 0 Å². The van der Waals surface area contributed by atoms with Gasteiger partial charge in [-0.1, -0.05) is 42.0 Å². The smallest absolute Gasteiger partial charge is 0.294 e. The minimum absolute atomic E-state index is 0.0188. The normalized spacial score (nSPS) is 14.2. The molecular formula is C29H27FN2O5S. The number of ether oxygens (including phenoxy) is 2. The summed E-state index contributed by atoms with van der Waals surface area (Å²) in [6, 6.07) is 15.2. The molecule has 1 saturated heterocycles. The molecule has 0 bridgehead atoms. The molecule has 4 rings (SSSR count). The summed E-state index contributed by atoms with van der Waals surface area (Å²) in [6.45, 7) is 5.39. The fourth-order valence-electron chi connectivity index (χ4n) is 4.15. The number of nitrogens with zero attached hydrogens (tertiary/aromatic N) is 1. The number of thioether (sulfide) groups is 1. The molecule has 1 fully saturated rings. The molecule has 1 aliphatic heterocycles. The van der Waals surface area contributed by atoms with E-state index in [2.05, 4.69) is 5.32 Å². The highest BCUT2D eigenvalue weighted by molar-refractivity contribution is 8.18. The Kier molecular flexibility index (Phi) is 8.16.